The summed E-state index contributed by atoms with van der Waals surface area (Å²) in [6, 6.07) is 12.7. The van der Waals surface area contributed by atoms with Crippen molar-refractivity contribution >= 4 is 39.9 Å². The van der Waals surface area contributed by atoms with E-state index in [0.29, 0.717) is 16.5 Å². The first-order valence-electron chi connectivity index (χ1n) is 8.78. The lowest BCUT2D eigenvalue weighted by molar-refractivity contribution is -0.117. The Labute approximate surface area is 162 Å². The Kier molecular flexibility index (Phi) is 4.81. The number of hydrogen-bond donors (Lipinski definition) is 1. The molecule has 0 bridgehead atoms. The van der Waals surface area contributed by atoms with Crippen molar-refractivity contribution in [1.29, 1.82) is 0 Å². The minimum Gasteiger partial charge on any atom is -0.495 e. The summed E-state index contributed by atoms with van der Waals surface area (Å²) in [6.45, 7) is 0.770. The molecule has 1 aliphatic rings. The average Bonchev–Trinajstić information content (AvgIpc) is 3.17. The number of amides is 1. The number of rotatable bonds is 4. The number of carbonyl (C=O) groups excluding carboxylic acids is 1. The first-order valence-corrected chi connectivity index (χ1v) is 9.16. The molecule has 3 aromatic rings. The number of carbonyl (C=O) groups is 1. The molecule has 2 aromatic carbocycles. The van der Waals surface area contributed by atoms with E-state index in [2.05, 4.69) is 20.2 Å². The van der Waals surface area contributed by atoms with E-state index in [4.69, 9.17) is 16.3 Å². The zero-order valence-corrected chi connectivity index (χ0v) is 15.6. The van der Waals surface area contributed by atoms with Crippen LogP contribution in [-0.2, 0) is 4.79 Å². The van der Waals surface area contributed by atoms with Gasteiger partial charge in [-0.1, -0.05) is 23.7 Å². The molecule has 1 aromatic heterocycles. The van der Waals surface area contributed by atoms with Crippen molar-refractivity contribution in [2.45, 2.75) is 18.9 Å². The van der Waals surface area contributed by atoms with Gasteiger partial charge >= 0.3 is 0 Å². The van der Waals surface area contributed by atoms with Crippen LogP contribution in [0.4, 0.5) is 11.5 Å². The average molecular weight is 383 g/mol. The minimum atomic E-state index is -0.313. The number of aromatic nitrogens is 2. The van der Waals surface area contributed by atoms with Gasteiger partial charge in [0.25, 0.3) is 0 Å². The minimum absolute atomic E-state index is 0.101. The Morgan fingerprint density at radius 3 is 2.96 bits per heavy atom. The number of halogens is 1. The third-order valence-electron chi connectivity index (χ3n) is 4.77. The van der Waals surface area contributed by atoms with Crippen molar-refractivity contribution in [3.8, 4) is 5.75 Å². The third kappa shape index (κ3) is 3.40. The number of nitrogens with one attached hydrogen (secondary N) is 1. The molecule has 1 amide bonds. The maximum absolute atomic E-state index is 13.0. The summed E-state index contributed by atoms with van der Waals surface area (Å²) in [6.07, 6.45) is 3.22. The van der Waals surface area contributed by atoms with E-state index < -0.39 is 0 Å². The van der Waals surface area contributed by atoms with Crippen LogP contribution in [0.5, 0.6) is 5.75 Å². The van der Waals surface area contributed by atoms with Crippen molar-refractivity contribution < 1.29 is 9.53 Å². The maximum Gasteiger partial charge on any atom is 0.247 e. The van der Waals surface area contributed by atoms with Gasteiger partial charge in [0, 0.05) is 17.0 Å². The Bertz CT molecular complexity index is 989. The number of fused-ring (bicyclic) bond motifs is 1. The van der Waals surface area contributed by atoms with E-state index in [9.17, 15) is 4.79 Å². The van der Waals surface area contributed by atoms with Gasteiger partial charge in [0.05, 0.1) is 18.3 Å². The highest BCUT2D eigenvalue weighted by Crippen LogP contribution is 2.32. The third-order valence-corrected chi connectivity index (χ3v) is 5.00. The molecule has 0 saturated carbocycles. The summed E-state index contributed by atoms with van der Waals surface area (Å²) >= 11 is 6.07. The van der Waals surface area contributed by atoms with Gasteiger partial charge in [-0.25, -0.2) is 9.97 Å². The van der Waals surface area contributed by atoms with Crippen LogP contribution in [0.15, 0.2) is 48.8 Å². The second-order valence-electron chi connectivity index (χ2n) is 6.40. The SMILES string of the molecule is COc1ccc(Cl)cc1NC(=O)[C@@H]1CCCN1c1ncnc2ccccc12. The molecule has 6 nitrogen and oxygen atoms in total. The smallest absolute Gasteiger partial charge is 0.247 e. The molecule has 7 heteroatoms. The van der Waals surface area contributed by atoms with Crippen molar-refractivity contribution in [1.82, 2.24) is 9.97 Å². The molecule has 0 spiro atoms. The number of para-hydroxylation sites is 1. The molecule has 0 aliphatic carbocycles. The summed E-state index contributed by atoms with van der Waals surface area (Å²) < 4.78 is 5.33. The topological polar surface area (TPSA) is 67.3 Å². The Hall–Kier alpha value is -2.86. The van der Waals surface area contributed by atoms with E-state index in [1.807, 2.05) is 24.3 Å². The molecule has 1 aliphatic heterocycles. The number of nitrogens with zero attached hydrogens (tertiary/aromatic N) is 3. The second-order valence-corrected chi connectivity index (χ2v) is 6.84. The fourth-order valence-corrected chi connectivity index (χ4v) is 3.68. The second kappa shape index (κ2) is 7.40. The molecular formula is C20H19ClN4O2. The molecule has 1 N–H and O–H groups in total. The van der Waals surface area contributed by atoms with Crippen LogP contribution < -0.4 is 15.0 Å². The molecule has 0 unspecified atom stereocenters. The van der Waals surface area contributed by atoms with Gasteiger partial charge in [-0.3, -0.25) is 4.79 Å². The van der Waals surface area contributed by atoms with E-state index in [1.54, 1.807) is 31.6 Å². The zero-order chi connectivity index (χ0) is 18.8. The largest absolute Gasteiger partial charge is 0.495 e. The van der Waals surface area contributed by atoms with Crippen LogP contribution in [0.25, 0.3) is 10.9 Å². The monoisotopic (exact) mass is 382 g/mol. The van der Waals surface area contributed by atoms with Gasteiger partial charge in [0.2, 0.25) is 5.91 Å². The summed E-state index contributed by atoms with van der Waals surface area (Å²) in [5, 5.41) is 4.44. The van der Waals surface area contributed by atoms with Crippen LogP contribution in [0.1, 0.15) is 12.8 Å². The molecule has 2 heterocycles. The fraction of sp³-hybridized carbons (Fsp3) is 0.250. The standard InChI is InChI=1S/C20H19ClN4O2/c1-27-18-9-8-13(21)11-16(18)24-20(26)17-7-4-10-25(17)19-14-5-2-3-6-15(14)22-12-23-19/h2-3,5-6,8-9,11-12,17H,4,7,10H2,1H3,(H,24,26)/t17-/m0/s1. The molecular weight excluding hydrogens is 364 g/mol. The predicted molar refractivity (Wildman–Crippen MR) is 107 cm³/mol. The van der Waals surface area contributed by atoms with E-state index in [0.717, 1.165) is 36.1 Å². The van der Waals surface area contributed by atoms with Crippen molar-refractivity contribution in [3.05, 3.63) is 53.8 Å². The van der Waals surface area contributed by atoms with Gasteiger partial charge in [0.1, 0.15) is 23.9 Å². The highest BCUT2D eigenvalue weighted by molar-refractivity contribution is 6.31. The predicted octanol–water partition coefficient (Wildman–Crippen LogP) is 3.90. The summed E-state index contributed by atoms with van der Waals surface area (Å²) in [5.74, 6) is 1.26. The van der Waals surface area contributed by atoms with Gasteiger partial charge < -0.3 is 15.0 Å². The molecule has 27 heavy (non-hydrogen) atoms. The van der Waals surface area contributed by atoms with E-state index in [-0.39, 0.29) is 11.9 Å². The van der Waals surface area contributed by atoms with Gasteiger partial charge in [-0.05, 0) is 43.2 Å². The van der Waals surface area contributed by atoms with Crippen LogP contribution in [0.3, 0.4) is 0 Å². The summed E-state index contributed by atoms with van der Waals surface area (Å²) in [5.41, 5.74) is 1.43. The lowest BCUT2D eigenvalue weighted by Crippen LogP contribution is -2.40. The molecule has 138 valence electrons. The lowest BCUT2D eigenvalue weighted by atomic mass is 10.1. The number of anilines is 2. The van der Waals surface area contributed by atoms with E-state index in [1.165, 1.54) is 0 Å². The van der Waals surface area contributed by atoms with Crippen LogP contribution >= 0.6 is 11.6 Å². The zero-order valence-electron chi connectivity index (χ0n) is 14.9. The van der Waals surface area contributed by atoms with Gasteiger partial charge in [-0.2, -0.15) is 0 Å². The molecule has 4 rings (SSSR count). The number of hydrogen-bond acceptors (Lipinski definition) is 5. The first-order chi connectivity index (χ1) is 13.2. The number of ether oxygens (including phenoxy) is 1. The van der Waals surface area contributed by atoms with E-state index >= 15 is 0 Å². The van der Waals surface area contributed by atoms with Crippen LogP contribution in [0.2, 0.25) is 5.02 Å². The highest BCUT2D eigenvalue weighted by atomic mass is 35.5. The fourth-order valence-electron chi connectivity index (χ4n) is 3.51. The van der Waals surface area contributed by atoms with Crippen molar-refractivity contribution in [2.75, 3.05) is 23.9 Å². The summed E-state index contributed by atoms with van der Waals surface area (Å²) in [4.78, 5) is 23.9. The molecule has 1 saturated heterocycles. The van der Waals surface area contributed by atoms with Crippen LogP contribution in [0, 0.1) is 0 Å². The lowest BCUT2D eigenvalue weighted by Gasteiger charge is -2.26. The Morgan fingerprint density at radius 2 is 2.11 bits per heavy atom. The molecule has 1 fully saturated rings. The maximum atomic E-state index is 13.0. The Morgan fingerprint density at radius 1 is 1.26 bits per heavy atom. The first kappa shape index (κ1) is 17.5. The quantitative estimate of drug-likeness (QED) is 0.741. The van der Waals surface area contributed by atoms with Crippen LogP contribution in [-0.4, -0.2) is 35.6 Å². The highest BCUT2D eigenvalue weighted by Gasteiger charge is 2.33. The molecule has 0 radical (unpaired) electrons. The Balaban J connectivity index is 1.63. The van der Waals surface area contributed by atoms with Crippen molar-refractivity contribution in [3.63, 3.8) is 0 Å². The molecule has 1 atom stereocenters. The van der Waals surface area contributed by atoms with Gasteiger partial charge in [-0.15, -0.1) is 0 Å². The number of benzene rings is 2. The number of methoxy groups -OCH3 is 1. The van der Waals surface area contributed by atoms with Gasteiger partial charge in [0.15, 0.2) is 0 Å². The summed E-state index contributed by atoms with van der Waals surface area (Å²) in [7, 11) is 1.56. The normalized spacial score (nSPS) is 16.5. The van der Waals surface area contributed by atoms with Crippen molar-refractivity contribution in [2.24, 2.45) is 0 Å².